The highest BCUT2D eigenvalue weighted by Crippen LogP contribution is 2.43. The third-order valence-electron chi connectivity index (χ3n) is 8.16. The third kappa shape index (κ3) is 4.49. The molecule has 2 saturated heterocycles. The van der Waals surface area contributed by atoms with Crippen LogP contribution in [0, 0.1) is 12.7 Å². The van der Waals surface area contributed by atoms with Crippen molar-refractivity contribution in [2.24, 2.45) is 0 Å². The van der Waals surface area contributed by atoms with E-state index in [1.165, 1.54) is 6.08 Å². The molecule has 0 unspecified atom stereocenters. The summed E-state index contributed by atoms with van der Waals surface area (Å²) in [7, 11) is 0. The molecule has 0 saturated carbocycles. The average Bonchev–Trinajstić information content (AvgIpc) is 3.44. The summed E-state index contributed by atoms with van der Waals surface area (Å²) in [6.07, 6.45) is 2.89. The number of aromatic nitrogens is 4. The number of amides is 1. The predicted octanol–water partition coefficient (Wildman–Crippen LogP) is 4.64. The quantitative estimate of drug-likeness (QED) is 0.343. The van der Waals surface area contributed by atoms with E-state index >= 15 is 4.39 Å². The molecule has 9 nitrogen and oxygen atoms in total. The van der Waals surface area contributed by atoms with Gasteiger partial charge in [0.1, 0.15) is 11.3 Å². The van der Waals surface area contributed by atoms with Gasteiger partial charge in [0, 0.05) is 74.4 Å². The van der Waals surface area contributed by atoms with E-state index in [0.717, 1.165) is 5.56 Å². The molecule has 0 bridgehead atoms. The van der Waals surface area contributed by atoms with Crippen LogP contribution in [0.5, 0.6) is 0 Å². The lowest BCUT2D eigenvalue weighted by Crippen LogP contribution is -2.59. The second kappa shape index (κ2) is 10.3. The van der Waals surface area contributed by atoms with E-state index in [-0.39, 0.29) is 53.1 Å². The molecule has 4 aromatic rings. The Labute approximate surface area is 252 Å². The monoisotopic (exact) mass is 582 g/mol. The van der Waals surface area contributed by atoms with E-state index in [2.05, 4.69) is 21.8 Å². The minimum atomic E-state index is -2.85. The minimum Gasteiger partial charge on any atom is -0.349 e. The largest absolute Gasteiger partial charge is 0.349 e. The van der Waals surface area contributed by atoms with Crippen LogP contribution in [0.4, 0.5) is 16.2 Å². The van der Waals surface area contributed by atoms with E-state index in [9.17, 15) is 4.79 Å². The smallest absolute Gasteiger partial charge is 0.246 e. The fourth-order valence-corrected chi connectivity index (χ4v) is 6.13. The van der Waals surface area contributed by atoms with Gasteiger partial charge >= 0.3 is 0 Å². The van der Waals surface area contributed by atoms with Crippen molar-refractivity contribution >= 4 is 51.1 Å². The van der Waals surface area contributed by atoms with E-state index in [1.54, 1.807) is 22.1 Å². The Hall–Kier alpha value is -3.76. The molecule has 2 aromatic carbocycles. The van der Waals surface area contributed by atoms with Crippen LogP contribution in [0.15, 0.2) is 37.1 Å². The number of halogens is 2. The highest BCUT2D eigenvalue weighted by atomic mass is 35.5. The van der Waals surface area contributed by atoms with E-state index < -0.39 is 25.8 Å². The summed E-state index contributed by atoms with van der Waals surface area (Å²) < 4.78 is 63.9. The van der Waals surface area contributed by atoms with Crippen LogP contribution in [-0.2, 0) is 4.79 Å². The van der Waals surface area contributed by atoms with Gasteiger partial charge in [-0.05, 0) is 58.5 Å². The second-order valence-electron chi connectivity index (χ2n) is 10.9. The van der Waals surface area contributed by atoms with Crippen LogP contribution in [-0.4, -0.2) is 94.1 Å². The molecule has 6 rings (SSSR count). The topological polar surface area (TPSA) is 84.5 Å². The first-order valence-corrected chi connectivity index (χ1v) is 13.8. The molecule has 2 atom stereocenters. The van der Waals surface area contributed by atoms with Gasteiger partial charge in [-0.3, -0.25) is 9.89 Å². The van der Waals surface area contributed by atoms with Crippen molar-refractivity contribution in [2.45, 2.75) is 38.9 Å². The molecular weight excluding hydrogens is 543 g/mol. The average molecular weight is 583 g/mol. The molecule has 1 N–H and O–H groups in total. The number of carbonyl (C=O) groups excluding carboxylic acids is 1. The number of benzene rings is 2. The maximum absolute atomic E-state index is 17.0. The summed E-state index contributed by atoms with van der Waals surface area (Å²) in [4.78, 5) is 28.0. The molecule has 0 aliphatic carbocycles. The van der Waals surface area contributed by atoms with E-state index in [0.29, 0.717) is 45.7 Å². The van der Waals surface area contributed by atoms with Crippen molar-refractivity contribution in [3.63, 3.8) is 0 Å². The van der Waals surface area contributed by atoms with Gasteiger partial charge in [-0.25, -0.2) is 9.37 Å². The van der Waals surface area contributed by atoms with Crippen LogP contribution >= 0.6 is 11.6 Å². The van der Waals surface area contributed by atoms with Gasteiger partial charge in [-0.2, -0.15) is 10.1 Å². The van der Waals surface area contributed by atoms with Crippen LogP contribution in [0.25, 0.3) is 32.9 Å². The third-order valence-corrected chi connectivity index (χ3v) is 8.46. The number of carbonyl (C=O) groups is 1. The molecule has 2 aliphatic rings. The van der Waals surface area contributed by atoms with Gasteiger partial charge in [0.15, 0.2) is 5.82 Å². The van der Waals surface area contributed by atoms with Gasteiger partial charge in [0.25, 0.3) is 0 Å². The highest BCUT2D eigenvalue weighted by Gasteiger charge is 2.36. The molecule has 2 fully saturated rings. The molecule has 1 amide bonds. The Balaban J connectivity index is 1.50. The zero-order valence-corrected chi connectivity index (χ0v) is 23.7. The normalized spacial score (nSPS) is 22.6. The fraction of sp³-hybridized carbons (Fsp3) is 0.400. The zero-order chi connectivity index (χ0) is 34.2. The van der Waals surface area contributed by atoms with E-state index in [1.807, 2.05) is 37.8 Å². The van der Waals surface area contributed by atoms with Gasteiger partial charge in [-0.1, -0.05) is 24.2 Å². The number of rotatable bonds is 5. The number of hydrogen-bond acceptors (Lipinski definition) is 7. The summed E-state index contributed by atoms with van der Waals surface area (Å²) >= 11 is 6.89. The number of hydrogen-bond donors (Lipinski definition) is 1. The van der Waals surface area contributed by atoms with Gasteiger partial charge in [0.2, 0.25) is 11.9 Å². The van der Waals surface area contributed by atoms with Crippen LogP contribution < -0.4 is 9.80 Å². The molecule has 4 heterocycles. The number of H-pyrrole nitrogens is 1. The van der Waals surface area contributed by atoms with E-state index in [4.69, 9.17) is 24.8 Å². The van der Waals surface area contributed by atoms with Crippen LogP contribution in [0.1, 0.15) is 27.6 Å². The number of nitrogens with zero attached hydrogens (tertiary/aromatic N) is 7. The molecule has 2 aliphatic heterocycles. The SMILES string of the molecule is [2H]C([2H])([2H])N(C1CN(c2nc(N3C[C@@H](C)N(C(=O)C=C)C[C@@H]3C)c3cc(Cl)c(-c4c(C)ccc5[nH]ncc45)c(F)c3n2)C1)C([2H])([2H])[2H]. The van der Waals surface area contributed by atoms with Crippen LogP contribution in [0.2, 0.25) is 5.02 Å². The van der Waals surface area contributed by atoms with Crippen molar-refractivity contribution in [1.29, 1.82) is 0 Å². The summed E-state index contributed by atoms with van der Waals surface area (Å²) in [5.41, 5.74) is 2.20. The molecule has 0 spiro atoms. The number of fused-ring (bicyclic) bond motifs is 2. The van der Waals surface area contributed by atoms with Crippen molar-refractivity contribution < 1.29 is 17.4 Å². The Morgan fingerprint density at radius 1 is 1.17 bits per heavy atom. The number of aryl methyl sites for hydroxylation is 1. The second-order valence-corrected chi connectivity index (χ2v) is 11.3. The lowest BCUT2D eigenvalue weighted by atomic mass is 9.95. The summed E-state index contributed by atoms with van der Waals surface area (Å²) in [6.45, 7) is 4.35. The van der Waals surface area contributed by atoms with Gasteiger partial charge in [0.05, 0.1) is 16.7 Å². The first kappa shape index (κ1) is 21.0. The molecule has 214 valence electrons. The van der Waals surface area contributed by atoms with Gasteiger partial charge in [-0.15, -0.1) is 0 Å². The summed E-state index contributed by atoms with van der Waals surface area (Å²) in [5, 5.41) is 8.24. The maximum atomic E-state index is 17.0. The fourth-order valence-electron chi connectivity index (χ4n) is 5.84. The number of aromatic amines is 1. The standard InChI is InChI=1S/C30H34ClFN8O/c1-7-24(41)39-12-18(4)40(13-17(39)3)29-20-10-22(31)26(25-16(2)8-9-23-21(25)11-33-36-23)27(32)28(20)34-30(35-29)38-14-19(15-38)37(5)6/h7-11,17-19H,1,12-15H2,2-6H3,(H,33,36)/t17-,18+/m1/s1/i5D3,6D3. The molecule has 2 aromatic heterocycles. The number of nitrogens with one attached hydrogen (secondary N) is 1. The Kier molecular flexibility index (Phi) is 5.26. The zero-order valence-electron chi connectivity index (χ0n) is 28.9. The first-order chi connectivity index (χ1) is 22.0. The Morgan fingerprint density at radius 2 is 1.95 bits per heavy atom. The predicted molar refractivity (Wildman–Crippen MR) is 162 cm³/mol. The lowest BCUT2D eigenvalue weighted by molar-refractivity contribution is -0.128. The first-order valence-electron chi connectivity index (χ1n) is 16.4. The minimum absolute atomic E-state index is 0.000646. The highest BCUT2D eigenvalue weighted by molar-refractivity contribution is 6.35. The van der Waals surface area contributed by atoms with Gasteiger partial charge < -0.3 is 19.6 Å². The molecular formula is C30H34ClFN8O. The summed E-state index contributed by atoms with van der Waals surface area (Å²) in [5.74, 6) is -0.347. The maximum Gasteiger partial charge on any atom is 0.246 e. The van der Waals surface area contributed by atoms with Crippen molar-refractivity contribution in [1.82, 2.24) is 30.0 Å². The van der Waals surface area contributed by atoms with Crippen molar-refractivity contribution in [3.8, 4) is 11.1 Å². The Morgan fingerprint density at radius 3 is 2.68 bits per heavy atom. The molecule has 11 heteroatoms. The van der Waals surface area contributed by atoms with Crippen molar-refractivity contribution in [3.05, 3.63) is 53.5 Å². The summed E-state index contributed by atoms with van der Waals surface area (Å²) in [6, 6.07) is 4.05. The van der Waals surface area contributed by atoms with Crippen molar-refractivity contribution in [2.75, 3.05) is 49.9 Å². The number of piperazine rings is 1. The number of anilines is 2. The lowest BCUT2D eigenvalue weighted by Gasteiger charge is -2.45. The molecule has 41 heavy (non-hydrogen) atoms. The Bertz CT molecular complexity index is 1880. The van der Waals surface area contributed by atoms with Crippen LogP contribution in [0.3, 0.4) is 0 Å². The molecule has 0 radical (unpaired) electrons. The number of likely N-dealkylation sites (N-methyl/N-ethyl adjacent to an activating group) is 1.